The zero-order valence-corrected chi connectivity index (χ0v) is 12.8. The first kappa shape index (κ1) is 14.8. The first-order valence-electron chi connectivity index (χ1n) is 7.48. The zero-order valence-electron chi connectivity index (χ0n) is 12.8. The highest BCUT2D eigenvalue weighted by atomic mass is 15.3. The van der Waals surface area contributed by atoms with E-state index in [4.69, 9.17) is 0 Å². The highest BCUT2D eigenvalue weighted by Gasteiger charge is 2.21. The summed E-state index contributed by atoms with van der Waals surface area (Å²) in [6.45, 7) is 4.00. The second kappa shape index (κ2) is 7.26. The lowest BCUT2D eigenvalue weighted by atomic mass is 9.80. The van der Waals surface area contributed by atoms with E-state index in [0.29, 0.717) is 6.54 Å². The molecule has 0 spiro atoms. The van der Waals surface area contributed by atoms with Gasteiger partial charge in [0.1, 0.15) is 12.2 Å². The Bertz CT molecular complexity index is 439. The third-order valence-corrected chi connectivity index (χ3v) is 4.26. The van der Waals surface area contributed by atoms with Gasteiger partial charge in [0.15, 0.2) is 5.96 Å². The van der Waals surface area contributed by atoms with Crippen LogP contribution in [0.25, 0.3) is 0 Å². The molecule has 1 fully saturated rings. The van der Waals surface area contributed by atoms with Crippen molar-refractivity contribution in [1.82, 2.24) is 25.4 Å². The molecule has 1 aromatic rings. The molecule has 2 atom stereocenters. The molecule has 0 amide bonds. The summed E-state index contributed by atoms with van der Waals surface area (Å²) in [4.78, 5) is 8.45. The van der Waals surface area contributed by atoms with Crippen LogP contribution in [0.3, 0.4) is 0 Å². The van der Waals surface area contributed by atoms with Crippen molar-refractivity contribution in [3.63, 3.8) is 0 Å². The molecule has 0 aromatic carbocycles. The van der Waals surface area contributed by atoms with E-state index >= 15 is 0 Å². The van der Waals surface area contributed by atoms with Crippen molar-refractivity contribution in [2.75, 3.05) is 13.6 Å². The van der Waals surface area contributed by atoms with E-state index in [-0.39, 0.29) is 0 Å². The molecular formula is C14H26N6. The molecule has 20 heavy (non-hydrogen) atoms. The Balaban J connectivity index is 1.76. The molecule has 2 rings (SSSR count). The summed E-state index contributed by atoms with van der Waals surface area (Å²) in [6, 6.07) is 0. The van der Waals surface area contributed by atoms with Gasteiger partial charge < -0.3 is 10.6 Å². The SMILES string of the molecule is CN=C(NCc1ncnn1C)NCC1CCCCC1C. The Hall–Kier alpha value is -1.59. The van der Waals surface area contributed by atoms with E-state index in [1.807, 2.05) is 7.05 Å². The second-order valence-corrected chi connectivity index (χ2v) is 5.63. The molecule has 0 saturated heterocycles. The van der Waals surface area contributed by atoms with Gasteiger partial charge in [-0.2, -0.15) is 5.10 Å². The van der Waals surface area contributed by atoms with Crippen LogP contribution >= 0.6 is 0 Å². The molecule has 0 aliphatic heterocycles. The molecular weight excluding hydrogens is 252 g/mol. The van der Waals surface area contributed by atoms with Crippen molar-refractivity contribution in [2.45, 2.75) is 39.2 Å². The minimum Gasteiger partial charge on any atom is -0.356 e. The van der Waals surface area contributed by atoms with Crippen molar-refractivity contribution in [2.24, 2.45) is 23.9 Å². The van der Waals surface area contributed by atoms with Gasteiger partial charge in [0.05, 0.1) is 6.54 Å². The van der Waals surface area contributed by atoms with E-state index in [1.165, 1.54) is 25.7 Å². The zero-order chi connectivity index (χ0) is 14.4. The predicted molar refractivity (Wildman–Crippen MR) is 80.3 cm³/mol. The molecule has 1 saturated carbocycles. The highest BCUT2D eigenvalue weighted by Crippen LogP contribution is 2.28. The number of nitrogens with one attached hydrogen (secondary N) is 2. The molecule has 0 bridgehead atoms. The van der Waals surface area contributed by atoms with Gasteiger partial charge in [-0.25, -0.2) is 4.98 Å². The van der Waals surface area contributed by atoms with Crippen LogP contribution in [0.15, 0.2) is 11.3 Å². The lowest BCUT2D eigenvalue weighted by Gasteiger charge is -2.29. The number of hydrogen-bond donors (Lipinski definition) is 2. The molecule has 6 nitrogen and oxygen atoms in total. The number of aliphatic imine (C=N–C) groups is 1. The summed E-state index contributed by atoms with van der Waals surface area (Å²) < 4.78 is 1.77. The second-order valence-electron chi connectivity index (χ2n) is 5.63. The Morgan fingerprint density at radius 3 is 2.85 bits per heavy atom. The van der Waals surface area contributed by atoms with Gasteiger partial charge in [0.2, 0.25) is 0 Å². The molecule has 1 aliphatic rings. The topological polar surface area (TPSA) is 67.1 Å². The summed E-state index contributed by atoms with van der Waals surface area (Å²) in [5.41, 5.74) is 0. The normalized spacial score (nSPS) is 23.6. The maximum atomic E-state index is 4.26. The van der Waals surface area contributed by atoms with Crippen molar-refractivity contribution >= 4 is 5.96 Å². The average Bonchev–Trinajstić information content (AvgIpc) is 2.86. The van der Waals surface area contributed by atoms with Crippen molar-refractivity contribution < 1.29 is 0 Å². The van der Waals surface area contributed by atoms with E-state index in [9.17, 15) is 0 Å². The number of aryl methyl sites for hydroxylation is 1. The Kier molecular flexibility index (Phi) is 5.38. The largest absolute Gasteiger partial charge is 0.356 e. The van der Waals surface area contributed by atoms with Crippen LogP contribution < -0.4 is 10.6 Å². The van der Waals surface area contributed by atoms with Gasteiger partial charge >= 0.3 is 0 Å². The van der Waals surface area contributed by atoms with Crippen LogP contribution in [0.1, 0.15) is 38.4 Å². The third kappa shape index (κ3) is 3.95. The highest BCUT2D eigenvalue weighted by molar-refractivity contribution is 5.79. The monoisotopic (exact) mass is 278 g/mol. The van der Waals surface area contributed by atoms with E-state index < -0.39 is 0 Å². The van der Waals surface area contributed by atoms with Crippen LogP contribution in [0.4, 0.5) is 0 Å². The van der Waals surface area contributed by atoms with Crippen molar-refractivity contribution in [1.29, 1.82) is 0 Å². The number of guanidine groups is 1. The minimum absolute atomic E-state index is 0.635. The first-order valence-corrected chi connectivity index (χ1v) is 7.48. The van der Waals surface area contributed by atoms with E-state index in [2.05, 4.69) is 32.6 Å². The van der Waals surface area contributed by atoms with E-state index in [1.54, 1.807) is 18.1 Å². The van der Waals surface area contributed by atoms with Gasteiger partial charge in [-0.3, -0.25) is 9.67 Å². The fraction of sp³-hybridized carbons (Fsp3) is 0.786. The molecule has 1 aromatic heterocycles. The number of rotatable bonds is 4. The molecule has 6 heteroatoms. The van der Waals surface area contributed by atoms with Gasteiger partial charge in [-0.15, -0.1) is 0 Å². The quantitative estimate of drug-likeness (QED) is 0.643. The maximum absolute atomic E-state index is 4.26. The summed E-state index contributed by atoms with van der Waals surface area (Å²) in [5, 5.41) is 10.8. The lowest BCUT2D eigenvalue weighted by Crippen LogP contribution is -2.41. The van der Waals surface area contributed by atoms with Crippen LogP contribution in [0.5, 0.6) is 0 Å². The smallest absolute Gasteiger partial charge is 0.191 e. The molecule has 1 aliphatic carbocycles. The molecule has 112 valence electrons. The maximum Gasteiger partial charge on any atom is 0.191 e. The third-order valence-electron chi connectivity index (χ3n) is 4.26. The molecule has 2 unspecified atom stereocenters. The number of hydrogen-bond acceptors (Lipinski definition) is 3. The number of nitrogens with zero attached hydrogens (tertiary/aromatic N) is 4. The number of aromatic nitrogens is 3. The van der Waals surface area contributed by atoms with Crippen LogP contribution in [0.2, 0.25) is 0 Å². The van der Waals surface area contributed by atoms with Gasteiger partial charge in [0.25, 0.3) is 0 Å². The Labute approximate surface area is 121 Å². The lowest BCUT2D eigenvalue weighted by molar-refractivity contribution is 0.256. The Morgan fingerprint density at radius 1 is 1.40 bits per heavy atom. The summed E-state index contributed by atoms with van der Waals surface area (Å²) in [5.74, 6) is 3.31. The van der Waals surface area contributed by atoms with E-state index in [0.717, 1.165) is 30.2 Å². The fourth-order valence-corrected chi connectivity index (χ4v) is 2.79. The van der Waals surface area contributed by atoms with Gasteiger partial charge in [-0.05, 0) is 18.3 Å². The first-order chi connectivity index (χ1) is 9.70. The van der Waals surface area contributed by atoms with Gasteiger partial charge in [-0.1, -0.05) is 26.2 Å². The summed E-state index contributed by atoms with van der Waals surface area (Å²) >= 11 is 0. The molecule has 2 N–H and O–H groups in total. The standard InChI is InChI=1S/C14H26N6/c1-11-6-4-5-7-12(11)8-16-14(15-2)17-9-13-18-10-19-20(13)3/h10-12H,4-9H2,1-3H3,(H2,15,16,17). The average molecular weight is 278 g/mol. The predicted octanol–water partition coefficient (Wildman–Crippen LogP) is 1.31. The van der Waals surface area contributed by atoms with Crippen LogP contribution in [0, 0.1) is 11.8 Å². The fourth-order valence-electron chi connectivity index (χ4n) is 2.79. The van der Waals surface area contributed by atoms with Crippen molar-refractivity contribution in [3.05, 3.63) is 12.2 Å². The molecule has 1 heterocycles. The Morgan fingerprint density at radius 2 is 2.20 bits per heavy atom. The van der Waals surface area contributed by atoms with Crippen molar-refractivity contribution in [3.8, 4) is 0 Å². The summed E-state index contributed by atoms with van der Waals surface area (Å²) in [6.07, 6.45) is 7.00. The van der Waals surface area contributed by atoms with Crippen LogP contribution in [-0.2, 0) is 13.6 Å². The minimum atomic E-state index is 0.635. The van der Waals surface area contributed by atoms with Crippen LogP contribution in [-0.4, -0.2) is 34.3 Å². The summed E-state index contributed by atoms with van der Waals surface area (Å²) in [7, 11) is 3.69. The molecule has 0 radical (unpaired) electrons. The van der Waals surface area contributed by atoms with Gasteiger partial charge in [0, 0.05) is 20.6 Å².